The van der Waals surface area contributed by atoms with Gasteiger partial charge in [-0.05, 0) is 59.3 Å². The van der Waals surface area contributed by atoms with Gasteiger partial charge in [0.05, 0.1) is 13.2 Å². The Morgan fingerprint density at radius 3 is 2.39 bits per heavy atom. The average Bonchev–Trinajstić information content (AvgIpc) is 2.75. The van der Waals surface area contributed by atoms with Gasteiger partial charge in [-0.2, -0.15) is 0 Å². The number of nitrogens with one attached hydrogen (secondary N) is 2. The van der Waals surface area contributed by atoms with Gasteiger partial charge >= 0.3 is 0 Å². The number of hydrogen-bond acceptors (Lipinski definition) is 7. The number of nitrogens with zero attached hydrogens (tertiary/aromatic N) is 3. The number of aryl methyl sites for hydroxylation is 1. The summed E-state index contributed by atoms with van der Waals surface area (Å²) in [5, 5.41) is 3.26. The summed E-state index contributed by atoms with van der Waals surface area (Å²) in [5.41, 5.74) is 1.25. The van der Waals surface area contributed by atoms with Crippen LogP contribution in [0.25, 0.3) is 0 Å². The molecule has 0 amide bonds. The molecule has 0 saturated carbocycles. The maximum atomic E-state index is 12.6. The molecule has 0 spiro atoms. The fourth-order valence-electron chi connectivity index (χ4n) is 3.21. The van der Waals surface area contributed by atoms with E-state index in [-0.39, 0.29) is 4.90 Å². The maximum Gasteiger partial charge on any atom is 0.263 e. The summed E-state index contributed by atoms with van der Waals surface area (Å²) in [6.45, 7) is 4.81. The highest BCUT2D eigenvalue weighted by Crippen LogP contribution is 2.25. The van der Waals surface area contributed by atoms with Crippen LogP contribution in [-0.4, -0.2) is 44.7 Å². The molecular weight excluding hydrogens is 482 g/mol. The molecule has 1 aliphatic rings. The van der Waals surface area contributed by atoms with E-state index in [1.165, 1.54) is 0 Å². The second-order valence-corrected chi connectivity index (χ2v) is 9.50. The van der Waals surface area contributed by atoms with Gasteiger partial charge in [-0.25, -0.2) is 18.4 Å². The van der Waals surface area contributed by atoms with Gasteiger partial charge in [0.15, 0.2) is 0 Å². The molecule has 1 aromatic heterocycles. The van der Waals surface area contributed by atoms with E-state index < -0.39 is 10.0 Å². The van der Waals surface area contributed by atoms with E-state index >= 15 is 0 Å². The van der Waals surface area contributed by atoms with Gasteiger partial charge in [0.1, 0.15) is 22.4 Å². The van der Waals surface area contributed by atoms with Crippen molar-refractivity contribution in [1.29, 1.82) is 0 Å². The molecule has 2 aromatic carbocycles. The lowest BCUT2D eigenvalue weighted by Gasteiger charge is -2.28. The van der Waals surface area contributed by atoms with E-state index in [1.807, 2.05) is 13.0 Å². The van der Waals surface area contributed by atoms with Crippen molar-refractivity contribution in [3.63, 3.8) is 0 Å². The van der Waals surface area contributed by atoms with Crippen molar-refractivity contribution in [3.8, 4) is 0 Å². The second-order valence-electron chi connectivity index (χ2n) is 7.00. The Balaban J connectivity index is 1.48. The number of ether oxygens (including phenoxy) is 1. The van der Waals surface area contributed by atoms with Crippen molar-refractivity contribution in [1.82, 2.24) is 9.97 Å². The fraction of sp³-hybridized carbons (Fsp3) is 0.238. The number of hydrogen-bond donors (Lipinski definition) is 2. The number of rotatable bonds is 6. The smallest absolute Gasteiger partial charge is 0.263 e. The summed E-state index contributed by atoms with van der Waals surface area (Å²) in [4.78, 5) is 11.3. The molecule has 0 aliphatic carbocycles. The van der Waals surface area contributed by atoms with Crippen LogP contribution in [-0.2, 0) is 14.8 Å². The SMILES string of the molecule is Cc1nc(Nc2ccc(NS(=O)(=O)c3ccccc3Br)cc2)cc(N2CCOCC2)n1. The Morgan fingerprint density at radius 2 is 1.68 bits per heavy atom. The summed E-state index contributed by atoms with van der Waals surface area (Å²) in [5.74, 6) is 2.20. The molecule has 1 saturated heterocycles. The summed E-state index contributed by atoms with van der Waals surface area (Å²) in [6.07, 6.45) is 0. The van der Waals surface area contributed by atoms with E-state index in [4.69, 9.17) is 4.74 Å². The first kappa shape index (κ1) is 21.5. The van der Waals surface area contributed by atoms with Crippen LogP contribution in [0.3, 0.4) is 0 Å². The van der Waals surface area contributed by atoms with E-state index in [0.29, 0.717) is 35.0 Å². The lowest BCUT2D eigenvalue weighted by atomic mass is 10.3. The molecule has 1 fully saturated rings. The van der Waals surface area contributed by atoms with Crippen molar-refractivity contribution in [2.75, 3.05) is 41.2 Å². The van der Waals surface area contributed by atoms with E-state index in [2.05, 4.69) is 40.8 Å². The third-order valence-corrected chi connectivity index (χ3v) is 7.09. The molecule has 0 bridgehead atoms. The highest BCUT2D eigenvalue weighted by atomic mass is 79.9. The topological polar surface area (TPSA) is 96.5 Å². The molecule has 0 radical (unpaired) electrons. The minimum Gasteiger partial charge on any atom is -0.378 e. The molecular formula is C21H22BrN5O3S. The first-order valence-electron chi connectivity index (χ1n) is 9.73. The quantitative estimate of drug-likeness (QED) is 0.525. The molecule has 3 aromatic rings. The van der Waals surface area contributed by atoms with Crippen molar-refractivity contribution < 1.29 is 13.2 Å². The molecule has 10 heteroatoms. The van der Waals surface area contributed by atoms with Gasteiger partial charge in [-0.3, -0.25) is 4.72 Å². The van der Waals surface area contributed by atoms with Gasteiger partial charge in [-0.15, -0.1) is 0 Å². The Hall–Kier alpha value is -2.69. The standard InChI is InChI=1S/C21H22BrN5O3S/c1-15-23-20(14-21(24-15)27-10-12-30-13-11-27)25-16-6-8-17(9-7-16)26-31(28,29)19-5-3-2-4-18(19)22/h2-9,14,26H,10-13H2,1H3,(H,23,24,25). The minimum atomic E-state index is -3.69. The lowest BCUT2D eigenvalue weighted by Crippen LogP contribution is -2.36. The van der Waals surface area contributed by atoms with Crippen molar-refractivity contribution in [3.05, 3.63) is 64.9 Å². The van der Waals surface area contributed by atoms with Crippen LogP contribution in [0, 0.1) is 6.92 Å². The van der Waals surface area contributed by atoms with Gasteiger partial charge in [0.2, 0.25) is 0 Å². The first-order valence-corrected chi connectivity index (χ1v) is 12.0. The highest BCUT2D eigenvalue weighted by Gasteiger charge is 2.17. The summed E-state index contributed by atoms with van der Waals surface area (Å²) < 4.78 is 33.8. The van der Waals surface area contributed by atoms with Crippen LogP contribution in [0.15, 0.2) is 64.0 Å². The maximum absolute atomic E-state index is 12.6. The zero-order valence-electron chi connectivity index (χ0n) is 16.9. The predicted octanol–water partition coefficient (Wildman–Crippen LogP) is 3.93. The van der Waals surface area contributed by atoms with Gasteiger partial charge in [0, 0.05) is 35.0 Å². The van der Waals surface area contributed by atoms with Crippen LogP contribution in [0.4, 0.5) is 23.0 Å². The Morgan fingerprint density at radius 1 is 1.00 bits per heavy atom. The van der Waals surface area contributed by atoms with Crippen LogP contribution in [0.5, 0.6) is 0 Å². The third kappa shape index (κ3) is 5.33. The second kappa shape index (κ2) is 9.21. The number of aromatic nitrogens is 2. The van der Waals surface area contributed by atoms with Crippen molar-refractivity contribution >= 4 is 49.0 Å². The predicted molar refractivity (Wildman–Crippen MR) is 124 cm³/mol. The largest absolute Gasteiger partial charge is 0.378 e. The molecule has 0 unspecified atom stereocenters. The number of anilines is 4. The molecule has 1 aliphatic heterocycles. The average molecular weight is 504 g/mol. The fourth-order valence-corrected chi connectivity index (χ4v) is 5.28. The van der Waals surface area contributed by atoms with Gasteiger partial charge < -0.3 is 15.0 Å². The van der Waals surface area contributed by atoms with Crippen molar-refractivity contribution in [2.45, 2.75) is 11.8 Å². The minimum absolute atomic E-state index is 0.185. The van der Waals surface area contributed by atoms with Crippen LogP contribution >= 0.6 is 15.9 Å². The number of benzene rings is 2. The van der Waals surface area contributed by atoms with Crippen LogP contribution in [0.1, 0.15) is 5.82 Å². The zero-order chi connectivity index (χ0) is 21.8. The Labute approximate surface area is 189 Å². The van der Waals surface area contributed by atoms with Gasteiger partial charge in [-0.1, -0.05) is 12.1 Å². The Bertz CT molecular complexity index is 1170. The monoisotopic (exact) mass is 503 g/mol. The molecule has 31 heavy (non-hydrogen) atoms. The van der Waals surface area contributed by atoms with Crippen LogP contribution in [0.2, 0.25) is 0 Å². The number of halogens is 1. The number of sulfonamides is 1. The molecule has 2 heterocycles. The highest BCUT2D eigenvalue weighted by molar-refractivity contribution is 9.10. The zero-order valence-corrected chi connectivity index (χ0v) is 19.3. The van der Waals surface area contributed by atoms with E-state index in [1.54, 1.807) is 48.5 Å². The summed E-state index contributed by atoms with van der Waals surface area (Å²) in [7, 11) is -3.69. The summed E-state index contributed by atoms with van der Waals surface area (Å²) >= 11 is 3.28. The molecule has 8 nitrogen and oxygen atoms in total. The van der Waals surface area contributed by atoms with Gasteiger partial charge in [0.25, 0.3) is 10.0 Å². The molecule has 0 atom stereocenters. The Kier molecular flexibility index (Phi) is 6.40. The molecule has 162 valence electrons. The number of morpholine rings is 1. The van der Waals surface area contributed by atoms with Crippen LogP contribution < -0.4 is 14.9 Å². The van der Waals surface area contributed by atoms with Crippen molar-refractivity contribution in [2.24, 2.45) is 0 Å². The van der Waals surface area contributed by atoms with E-state index in [0.717, 1.165) is 24.6 Å². The van der Waals surface area contributed by atoms with E-state index in [9.17, 15) is 8.42 Å². The molecule has 4 rings (SSSR count). The summed E-state index contributed by atoms with van der Waals surface area (Å²) in [6, 6.07) is 15.6. The third-order valence-electron chi connectivity index (χ3n) is 4.70. The molecule has 2 N–H and O–H groups in total. The lowest BCUT2D eigenvalue weighted by molar-refractivity contribution is 0.122. The first-order chi connectivity index (χ1) is 14.9. The normalized spacial score (nSPS) is 14.3.